The summed E-state index contributed by atoms with van der Waals surface area (Å²) >= 11 is 0. The molecule has 8 heteroatoms. The van der Waals surface area contributed by atoms with Gasteiger partial charge in [-0.05, 0) is 43.5 Å². The standard InChI is InChI=1S/C22H28N2O5S/c1-3-24(4-2)30(27,28)20-16-17(22(25)26)15-19(23-13-9-6-10-14-23)21(20)29-18-11-7-5-8-12-18/h5,7-8,11-12,15-16H,3-4,6,9-10,13-14H2,1-2H3,(H,25,26). The number of carbonyl (C=O) groups is 1. The number of anilines is 1. The van der Waals surface area contributed by atoms with Gasteiger partial charge in [-0.1, -0.05) is 32.0 Å². The van der Waals surface area contributed by atoms with Crippen molar-refractivity contribution in [2.45, 2.75) is 38.0 Å². The summed E-state index contributed by atoms with van der Waals surface area (Å²) in [5, 5.41) is 9.66. The summed E-state index contributed by atoms with van der Waals surface area (Å²) in [7, 11) is -3.95. The van der Waals surface area contributed by atoms with E-state index in [-0.39, 0.29) is 29.3 Å². The highest BCUT2D eigenvalue weighted by molar-refractivity contribution is 7.89. The summed E-state index contributed by atoms with van der Waals surface area (Å²) in [6.45, 7) is 5.51. The van der Waals surface area contributed by atoms with Crippen molar-refractivity contribution in [1.29, 1.82) is 0 Å². The van der Waals surface area contributed by atoms with Crippen LogP contribution in [0.3, 0.4) is 0 Å². The maximum Gasteiger partial charge on any atom is 0.335 e. The number of aromatic carboxylic acids is 1. The van der Waals surface area contributed by atoms with Gasteiger partial charge in [0, 0.05) is 26.2 Å². The molecule has 1 N–H and O–H groups in total. The van der Waals surface area contributed by atoms with Crippen LogP contribution in [0.4, 0.5) is 5.69 Å². The van der Waals surface area contributed by atoms with Crippen molar-refractivity contribution in [3.05, 3.63) is 48.0 Å². The fraction of sp³-hybridized carbons (Fsp3) is 0.409. The first-order valence-electron chi connectivity index (χ1n) is 10.3. The second-order valence-electron chi connectivity index (χ2n) is 7.18. The molecule has 0 amide bonds. The third-order valence-electron chi connectivity index (χ3n) is 5.27. The van der Waals surface area contributed by atoms with Crippen molar-refractivity contribution in [3.63, 3.8) is 0 Å². The molecule has 1 aliphatic heterocycles. The molecule has 0 bridgehead atoms. The fourth-order valence-corrected chi connectivity index (χ4v) is 5.30. The second-order valence-corrected chi connectivity index (χ2v) is 9.09. The highest BCUT2D eigenvalue weighted by Gasteiger charge is 2.31. The van der Waals surface area contributed by atoms with Crippen molar-refractivity contribution in [1.82, 2.24) is 4.31 Å². The largest absolute Gasteiger partial charge is 0.478 e. The molecule has 1 aliphatic rings. The number of para-hydroxylation sites is 1. The number of rotatable bonds is 8. The lowest BCUT2D eigenvalue weighted by Crippen LogP contribution is -2.33. The number of carboxylic acid groups (broad SMARTS) is 1. The smallest absolute Gasteiger partial charge is 0.335 e. The molecule has 0 saturated carbocycles. The number of hydrogen-bond donors (Lipinski definition) is 1. The first-order chi connectivity index (χ1) is 14.4. The number of sulfonamides is 1. The van der Waals surface area contributed by atoms with Crippen molar-refractivity contribution in [2.75, 3.05) is 31.1 Å². The van der Waals surface area contributed by atoms with E-state index in [4.69, 9.17) is 4.74 Å². The zero-order chi connectivity index (χ0) is 21.7. The summed E-state index contributed by atoms with van der Waals surface area (Å²) in [5.41, 5.74) is 0.436. The van der Waals surface area contributed by atoms with E-state index in [0.717, 1.165) is 32.4 Å². The van der Waals surface area contributed by atoms with Crippen LogP contribution in [0.15, 0.2) is 47.4 Å². The van der Waals surface area contributed by atoms with Gasteiger partial charge in [-0.2, -0.15) is 4.31 Å². The molecule has 1 saturated heterocycles. The Bertz CT molecular complexity index is 982. The molecule has 30 heavy (non-hydrogen) atoms. The maximum atomic E-state index is 13.4. The topological polar surface area (TPSA) is 87.2 Å². The SMILES string of the molecule is CCN(CC)S(=O)(=O)c1cc(C(=O)O)cc(N2CCCCC2)c1Oc1ccccc1. The molecule has 2 aromatic carbocycles. The lowest BCUT2D eigenvalue weighted by molar-refractivity contribution is 0.0696. The number of piperidine rings is 1. The minimum Gasteiger partial charge on any atom is -0.478 e. The Hall–Kier alpha value is -2.58. The molecule has 0 aromatic heterocycles. The van der Waals surface area contributed by atoms with Gasteiger partial charge in [0.2, 0.25) is 10.0 Å². The van der Waals surface area contributed by atoms with Crippen LogP contribution >= 0.6 is 0 Å². The molecule has 7 nitrogen and oxygen atoms in total. The molecule has 0 atom stereocenters. The van der Waals surface area contributed by atoms with Gasteiger partial charge in [0.1, 0.15) is 10.6 Å². The summed E-state index contributed by atoms with van der Waals surface area (Å²) in [6.07, 6.45) is 3.01. The Morgan fingerprint density at radius 2 is 1.70 bits per heavy atom. The average Bonchev–Trinajstić information content (AvgIpc) is 2.75. The van der Waals surface area contributed by atoms with Crippen LogP contribution < -0.4 is 9.64 Å². The minimum absolute atomic E-state index is 0.0679. The molecule has 0 aliphatic carbocycles. The van der Waals surface area contributed by atoms with E-state index in [2.05, 4.69) is 0 Å². The van der Waals surface area contributed by atoms with E-state index >= 15 is 0 Å². The lowest BCUT2D eigenvalue weighted by atomic mass is 10.1. The molecule has 162 valence electrons. The summed E-state index contributed by atoms with van der Waals surface area (Å²) in [4.78, 5) is 13.7. The Labute approximate surface area is 177 Å². The molecule has 1 heterocycles. The quantitative estimate of drug-likeness (QED) is 0.673. The molecule has 1 fully saturated rings. The molecular weight excluding hydrogens is 404 g/mol. The van der Waals surface area contributed by atoms with Gasteiger partial charge in [-0.3, -0.25) is 0 Å². The Morgan fingerprint density at radius 1 is 1.07 bits per heavy atom. The minimum atomic E-state index is -3.95. The molecule has 3 rings (SSSR count). The highest BCUT2D eigenvalue weighted by Crippen LogP contribution is 2.41. The molecule has 0 radical (unpaired) electrons. The number of carboxylic acids is 1. The fourth-order valence-electron chi connectivity index (χ4n) is 3.68. The van der Waals surface area contributed by atoms with Crippen LogP contribution in [0.2, 0.25) is 0 Å². The number of ether oxygens (including phenoxy) is 1. The van der Waals surface area contributed by atoms with Crippen LogP contribution in [-0.2, 0) is 10.0 Å². The molecule has 2 aromatic rings. The van der Waals surface area contributed by atoms with Gasteiger partial charge in [0.15, 0.2) is 5.75 Å². The second kappa shape index (κ2) is 9.49. The number of nitrogens with zero attached hydrogens (tertiary/aromatic N) is 2. The first kappa shape index (κ1) is 22.1. The van der Waals surface area contributed by atoms with Crippen LogP contribution in [0.5, 0.6) is 11.5 Å². The summed E-state index contributed by atoms with van der Waals surface area (Å²) in [6, 6.07) is 11.7. The summed E-state index contributed by atoms with van der Waals surface area (Å²) in [5.74, 6) is -0.495. The van der Waals surface area contributed by atoms with Gasteiger partial charge < -0.3 is 14.7 Å². The highest BCUT2D eigenvalue weighted by atomic mass is 32.2. The van der Waals surface area contributed by atoms with Crippen molar-refractivity contribution in [3.8, 4) is 11.5 Å². The van der Waals surface area contributed by atoms with Crippen molar-refractivity contribution >= 4 is 21.7 Å². The third-order valence-corrected chi connectivity index (χ3v) is 7.32. The monoisotopic (exact) mass is 432 g/mol. The Balaban J connectivity index is 2.26. The van der Waals surface area contributed by atoms with Gasteiger partial charge in [0.25, 0.3) is 0 Å². The lowest BCUT2D eigenvalue weighted by Gasteiger charge is -2.32. The Morgan fingerprint density at radius 3 is 2.27 bits per heavy atom. The zero-order valence-corrected chi connectivity index (χ0v) is 18.2. The van der Waals surface area contributed by atoms with E-state index < -0.39 is 16.0 Å². The molecular formula is C22H28N2O5S. The van der Waals surface area contributed by atoms with E-state index in [1.165, 1.54) is 16.4 Å². The van der Waals surface area contributed by atoms with Gasteiger partial charge in [-0.15, -0.1) is 0 Å². The van der Waals surface area contributed by atoms with Crippen molar-refractivity contribution < 1.29 is 23.1 Å². The van der Waals surface area contributed by atoms with E-state index in [1.54, 1.807) is 38.1 Å². The van der Waals surface area contributed by atoms with Crippen molar-refractivity contribution in [2.24, 2.45) is 0 Å². The summed E-state index contributed by atoms with van der Waals surface area (Å²) < 4.78 is 34.3. The Kier molecular flexibility index (Phi) is 6.99. The van der Waals surface area contributed by atoms with Gasteiger partial charge in [-0.25, -0.2) is 13.2 Å². The van der Waals surface area contributed by atoms with Crippen LogP contribution in [0, 0.1) is 0 Å². The van der Waals surface area contributed by atoms with Crippen LogP contribution in [-0.4, -0.2) is 50.0 Å². The van der Waals surface area contributed by atoms with Crippen LogP contribution in [0.1, 0.15) is 43.5 Å². The van der Waals surface area contributed by atoms with E-state index in [9.17, 15) is 18.3 Å². The number of hydrogen-bond acceptors (Lipinski definition) is 5. The van der Waals surface area contributed by atoms with Gasteiger partial charge in [0.05, 0.1) is 11.3 Å². The zero-order valence-electron chi connectivity index (χ0n) is 17.4. The maximum absolute atomic E-state index is 13.4. The normalized spacial score (nSPS) is 14.7. The van der Waals surface area contributed by atoms with Gasteiger partial charge >= 0.3 is 5.97 Å². The molecule has 0 spiro atoms. The average molecular weight is 433 g/mol. The third kappa shape index (κ3) is 4.60. The molecule has 0 unspecified atom stereocenters. The first-order valence-corrected chi connectivity index (χ1v) is 11.7. The van der Waals surface area contributed by atoms with Crippen LogP contribution in [0.25, 0.3) is 0 Å². The number of benzene rings is 2. The predicted octanol–water partition coefficient (Wildman–Crippen LogP) is 4.20. The van der Waals surface area contributed by atoms with E-state index in [1.807, 2.05) is 11.0 Å². The predicted molar refractivity (Wildman–Crippen MR) is 116 cm³/mol. The van der Waals surface area contributed by atoms with E-state index in [0.29, 0.717) is 11.4 Å².